The molecular formula is C80H86Cl3FN12O25. The van der Waals surface area contributed by atoms with E-state index in [2.05, 4.69) is 58.3 Å². The number of hydrogen-bond donors (Lipinski definition) is 20. The number of likely N-dealkylation sites (N-methyl/N-ethyl adjacent to an activating group) is 1. The Morgan fingerprint density at radius 1 is 0.711 bits per heavy atom. The van der Waals surface area contributed by atoms with E-state index in [1.165, 1.54) is 44.6 Å². The second kappa shape index (κ2) is 37.4. The van der Waals surface area contributed by atoms with Crippen LogP contribution in [0.3, 0.4) is 0 Å². The van der Waals surface area contributed by atoms with Gasteiger partial charge < -0.3 is 128 Å². The van der Waals surface area contributed by atoms with Gasteiger partial charge in [0, 0.05) is 47.5 Å². The number of amides is 9. The number of ether oxygens (including phenoxy) is 6. The van der Waals surface area contributed by atoms with Crippen LogP contribution in [-0.2, 0) is 63.9 Å². The highest BCUT2D eigenvalue weighted by Gasteiger charge is 2.52. The van der Waals surface area contributed by atoms with Crippen LogP contribution in [0, 0.1) is 11.7 Å². The average Bonchev–Trinajstić information content (AvgIpc) is 0.765. The Bertz CT molecular complexity index is 5180. The number of carbonyl (C=O) groups is 9. The molecule has 1 aromatic heterocycles. The largest absolute Gasteiger partial charge is 0.508 e. The highest BCUT2D eigenvalue weighted by atomic mass is 35.5. The van der Waals surface area contributed by atoms with Crippen LogP contribution < -0.4 is 73.3 Å². The van der Waals surface area contributed by atoms with Crippen molar-refractivity contribution in [2.75, 3.05) is 26.1 Å². The Kier molecular flexibility index (Phi) is 27.6. The number of aliphatic hydroxyl groups excluding tert-OH is 6. The molecule has 37 nitrogen and oxygen atoms in total. The number of nitrogens with zero attached hydrogens (tertiary/aromatic N) is 1. The van der Waals surface area contributed by atoms with Gasteiger partial charge in [0.15, 0.2) is 23.9 Å². The molecule has 0 spiro atoms. The molecule has 0 unspecified atom stereocenters. The third-order valence-corrected chi connectivity index (χ3v) is 21.8. The molecule has 21 N–H and O–H groups in total. The molecule has 14 rings (SSSR count). The molecule has 7 aliphatic rings. The minimum absolute atomic E-state index is 0.0428. The molecule has 7 aliphatic heterocycles. The smallest absolute Gasteiger partial charge is 0.270 e. The number of aliphatic hydroxyl groups is 6. The van der Waals surface area contributed by atoms with Crippen molar-refractivity contribution in [2.45, 2.75) is 163 Å². The molecule has 121 heavy (non-hydrogen) atoms. The van der Waals surface area contributed by atoms with E-state index in [1.807, 2.05) is 13.8 Å². The number of phenolic OH excluding ortho intramolecular Hbond substituents is 3. The number of carbonyl (C=O) groups excluding carboxylic acids is 9. The lowest BCUT2D eigenvalue weighted by Gasteiger charge is -2.48. The summed E-state index contributed by atoms with van der Waals surface area (Å²) < 4.78 is 53.4. The molecule has 9 amide bonds. The monoisotopic (exact) mass is 1740 g/mol. The topological polar surface area (TPSA) is 560 Å². The summed E-state index contributed by atoms with van der Waals surface area (Å²) in [5.41, 5.74) is 4.53. The SMILES string of the molecule is CN[C@H](CC(C)C)C(=O)N[C@H]1C(=O)N[C@@H](CC(N)=O)C(=O)N[C@H]2C(=O)N[C@H]3C(=O)N[C@H](C(=O)N[C@@H](C(=O)NOC)c4cc(O)cc(O)c4-c4cc3ccc4O)[C@H](O)c3ccc(c(Cl)c3)Oc3cc2cc(c3O[C@@H]2O[C@H](CO)[C@@H](O)[C@H](O)[C@H]2O[C@H]2C[C@](C)(NCc3cncc(NC(=O)c4ccc(F)c(Cl)c4)c3)[C@H](O)[C@H](C)O2)Oc2ccc(cc2Cl)[C@H]1O. The molecule has 0 radical (unpaired) electrons. The molecule has 8 heterocycles. The van der Waals surface area contributed by atoms with Crippen molar-refractivity contribution in [1.82, 2.24) is 53.0 Å². The average molecular weight is 1740 g/mol. The lowest BCUT2D eigenvalue weighted by atomic mass is 9.84. The molecule has 2 saturated heterocycles. The second-order valence-corrected chi connectivity index (χ2v) is 31.2. The number of hydrogen-bond acceptors (Lipinski definition) is 28. The van der Waals surface area contributed by atoms with Crippen LogP contribution in [-0.4, -0.2) is 204 Å². The van der Waals surface area contributed by atoms with E-state index in [1.54, 1.807) is 13.0 Å². The van der Waals surface area contributed by atoms with Crippen LogP contribution in [0.1, 0.15) is 121 Å². The number of fused-ring (bicyclic) bond motifs is 15. The zero-order valence-electron chi connectivity index (χ0n) is 65.0. The van der Waals surface area contributed by atoms with Gasteiger partial charge in [-0.1, -0.05) is 66.8 Å². The summed E-state index contributed by atoms with van der Waals surface area (Å²) in [5, 5.41) is 129. The van der Waals surface area contributed by atoms with Crippen LogP contribution >= 0.6 is 34.8 Å². The maximum absolute atomic E-state index is 16.3. The fourth-order valence-corrected chi connectivity index (χ4v) is 15.2. The van der Waals surface area contributed by atoms with Gasteiger partial charge in [0.2, 0.25) is 53.4 Å². The zero-order valence-corrected chi connectivity index (χ0v) is 67.3. The van der Waals surface area contributed by atoms with Crippen molar-refractivity contribution in [1.29, 1.82) is 0 Å². The number of primary amides is 1. The van der Waals surface area contributed by atoms with Crippen LogP contribution in [0.2, 0.25) is 15.1 Å². The van der Waals surface area contributed by atoms with Crippen LogP contribution in [0.4, 0.5) is 10.1 Å². The molecule has 644 valence electrons. The van der Waals surface area contributed by atoms with Gasteiger partial charge in [-0.2, -0.15) is 0 Å². The molecule has 6 aromatic carbocycles. The van der Waals surface area contributed by atoms with Crippen LogP contribution in [0.15, 0.2) is 116 Å². The van der Waals surface area contributed by atoms with E-state index in [0.29, 0.717) is 5.56 Å². The molecular weight excluding hydrogens is 1650 g/mol. The first-order valence-electron chi connectivity index (χ1n) is 37.7. The highest BCUT2D eigenvalue weighted by Crippen LogP contribution is 2.50. The Morgan fingerprint density at radius 2 is 1.36 bits per heavy atom. The van der Waals surface area contributed by atoms with E-state index < -0.39 is 254 Å². The Balaban J connectivity index is 1.03. The number of hydroxylamine groups is 1. The lowest BCUT2D eigenvalue weighted by molar-refractivity contribution is -0.334. The number of nitrogens with one attached hydrogen (secondary N) is 10. The first-order chi connectivity index (χ1) is 57.4. The molecule has 41 heteroatoms. The second-order valence-electron chi connectivity index (χ2n) is 30.0. The maximum Gasteiger partial charge on any atom is 0.270 e. The van der Waals surface area contributed by atoms with Crippen molar-refractivity contribution < 1.29 is 127 Å². The van der Waals surface area contributed by atoms with Gasteiger partial charge in [-0.15, -0.1) is 0 Å². The third kappa shape index (κ3) is 19.7. The highest BCUT2D eigenvalue weighted by molar-refractivity contribution is 6.32. The van der Waals surface area contributed by atoms with E-state index in [-0.39, 0.29) is 64.0 Å². The minimum atomic E-state index is -2.39. The lowest BCUT2D eigenvalue weighted by Crippen LogP contribution is -2.65. The van der Waals surface area contributed by atoms with E-state index in [0.717, 1.165) is 86.0 Å². The minimum Gasteiger partial charge on any atom is -0.508 e. The van der Waals surface area contributed by atoms with Crippen LogP contribution in [0.25, 0.3) is 11.1 Å². The van der Waals surface area contributed by atoms with Crippen LogP contribution in [0.5, 0.6) is 46.0 Å². The molecule has 11 bridgehead atoms. The number of aromatic nitrogens is 1. The van der Waals surface area contributed by atoms with Crippen molar-refractivity contribution in [3.05, 3.63) is 175 Å². The summed E-state index contributed by atoms with van der Waals surface area (Å²) in [6.07, 6.45) is -16.6. The number of benzene rings is 6. The first kappa shape index (κ1) is 89.1. The maximum atomic E-state index is 16.3. The fourth-order valence-electron chi connectivity index (χ4n) is 14.6. The normalized spacial score (nSPS) is 26.4. The number of halogens is 4. The Labute approximate surface area is 702 Å². The number of phenols is 3. The standard InChI is InChI=1S/C80H86Cl3FN12O25/c1-31(2)15-47(86-5)72(108)94-62-64(102)35-9-13-51(44(82)18-35)117-53-21-38-22-54(68(53)121-79-69(67(105)66(104)55(30-97)119-79)120-57-26-80(4,70(106)32(3)116-57)88-28-33-16-39(29-87-27-33)89-71(107)37-7-11-46(84)43(81)20-37)118-52-14-10-36(19-45(52)83)65(103)63-77(113)93-61(78(114)96-115-6)42-23-40(98)24-50(100)58(42)41-17-34(8-12-49(41)99)59(74(110)95-63)92-75(111)60(38)91-73(109)48(25-56(85)101)90-76(62)112/h7-14,16-24,27,29,31-32,47-48,55,57,59-67,69-70,79,86,88,97-100,102-106H,15,25-26,28,30H2,1-6H3,(H2,85,101)(H,89,107)(H,90,112)(H,91,109)(H,92,111)(H,93,113)(H,94,108)(H,95,110)(H,96,114)/t32-,47+,48-,55+,57-,59+,60+,61+,62+,63-,64+,65+,66+,67-,69+,70+,79-,80-/m0/s1. The first-order valence-corrected chi connectivity index (χ1v) is 38.8. The summed E-state index contributed by atoms with van der Waals surface area (Å²) in [6.45, 7) is 5.68. The predicted octanol–water partition coefficient (Wildman–Crippen LogP) is 2.97. The zero-order chi connectivity index (χ0) is 87.5. The van der Waals surface area contributed by atoms with Crippen molar-refractivity contribution in [3.8, 4) is 57.1 Å². The molecule has 18 atom stereocenters. The van der Waals surface area contributed by atoms with E-state index >= 15 is 24.0 Å². The Hall–Kier alpha value is -11.2. The predicted molar refractivity (Wildman–Crippen MR) is 423 cm³/mol. The van der Waals surface area contributed by atoms with Gasteiger partial charge in [-0.25, -0.2) is 9.87 Å². The summed E-state index contributed by atoms with van der Waals surface area (Å²) in [6, 6.07) is 4.57. The summed E-state index contributed by atoms with van der Waals surface area (Å²) >= 11 is 20.3. The number of rotatable bonds is 19. The number of nitrogens with two attached hydrogens (primary N) is 1. The van der Waals surface area contributed by atoms with Crippen molar-refractivity contribution >= 4 is 93.7 Å². The van der Waals surface area contributed by atoms with Gasteiger partial charge in [-0.3, -0.25) is 53.0 Å². The number of aromatic hydroxyl groups is 3. The summed E-state index contributed by atoms with van der Waals surface area (Å²) in [4.78, 5) is 142. The van der Waals surface area contributed by atoms with Gasteiger partial charge in [0.05, 0.1) is 65.3 Å². The molecule has 0 saturated carbocycles. The molecule has 0 aliphatic carbocycles. The van der Waals surface area contributed by atoms with E-state index in [9.17, 15) is 69.5 Å². The molecule has 7 aromatic rings. The third-order valence-electron chi connectivity index (χ3n) is 20.9. The van der Waals surface area contributed by atoms with Crippen molar-refractivity contribution in [3.63, 3.8) is 0 Å². The van der Waals surface area contributed by atoms with Gasteiger partial charge in [0.1, 0.15) is 101 Å². The Morgan fingerprint density at radius 3 is 2.00 bits per heavy atom. The number of pyridine rings is 1. The molecule has 2 fully saturated rings. The summed E-state index contributed by atoms with van der Waals surface area (Å²) in [5.74, 6) is -16.8. The van der Waals surface area contributed by atoms with Gasteiger partial charge in [0.25, 0.3) is 11.8 Å². The fraction of sp³-hybridized carbons (Fsp3) is 0.375. The number of anilines is 1. The summed E-state index contributed by atoms with van der Waals surface area (Å²) in [7, 11) is 2.50. The van der Waals surface area contributed by atoms with Gasteiger partial charge in [-0.05, 0) is 145 Å². The van der Waals surface area contributed by atoms with Crippen molar-refractivity contribution in [2.24, 2.45) is 11.7 Å². The van der Waals surface area contributed by atoms with Gasteiger partial charge >= 0.3 is 0 Å². The van der Waals surface area contributed by atoms with E-state index in [4.69, 9.17) is 73.8 Å². The quantitative estimate of drug-likeness (QED) is 0.0517.